The summed E-state index contributed by atoms with van der Waals surface area (Å²) in [5, 5.41) is 10.1. The first kappa shape index (κ1) is 14.4. The van der Waals surface area contributed by atoms with Crippen LogP contribution < -0.4 is 4.74 Å². The van der Waals surface area contributed by atoms with Gasteiger partial charge in [-0.3, -0.25) is 4.79 Å². The Morgan fingerprint density at radius 1 is 1.35 bits per heavy atom. The standard InChI is InChI=1S/C16H21NO3/c1-10(2)17-9-12(8-11(3)16(18)19)15-13(17)6-5-7-14(15)20-4/h5-7,9-11H,8H2,1-4H3,(H,18,19). The van der Waals surface area contributed by atoms with Crippen molar-refractivity contribution in [3.63, 3.8) is 0 Å². The molecule has 0 saturated carbocycles. The largest absolute Gasteiger partial charge is 0.496 e. The van der Waals surface area contributed by atoms with E-state index in [0.717, 1.165) is 22.2 Å². The lowest BCUT2D eigenvalue weighted by molar-refractivity contribution is -0.141. The van der Waals surface area contributed by atoms with Crippen molar-refractivity contribution in [2.75, 3.05) is 7.11 Å². The zero-order valence-corrected chi connectivity index (χ0v) is 12.4. The summed E-state index contributed by atoms with van der Waals surface area (Å²) >= 11 is 0. The van der Waals surface area contributed by atoms with Crippen LogP contribution in [0.1, 0.15) is 32.4 Å². The summed E-state index contributed by atoms with van der Waals surface area (Å²) in [5.74, 6) is -0.383. The van der Waals surface area contributed by atoms with Crippen LogP contribution in [-0.4, -0.2) is 22.8 Å². The third kappa shape index (κ3) is 2.50. The van der Waals surface area contributed by atoms with Gasteiger partial charge in [-0.15, -0.1) is 0 Å². The number of benzene rings is 1. The number of aliphatic carboxylic acids is 1. The summed E-state index contributed by atoms with van der Waals surface area (Å²) < 4.78 is 7.61. The molecule has 0 fully saturated rings. The number of fused-ring (bicyclic) bond motifs is 1. The van der Waals surface area contributed by atoms with Crippen molar-refractivity contribution in [1.29, 1.82) is 0 Å². The molecule has 1 atom stereocenters. The molecule has 0 radical (unpaired) electrons. The maximum Gasteiger partial charge on any atom is 0.306 e. The van der Waals surface area contributed by atoms with Crippen molar-refractivity contribution in [2.45, 2.75) is 33.2 Å². The zero-order chi connectivity index (χ0) is 14.9. The van der Waals surface area contributed by atoms with Gasteiger partial charge in [-0.2, -0.15) is 0 Å². The summed E-state index contributed by atoms with van der Waals surface area (Å²) in [5.41, 5.74) is 2.12. The number of hydrogen-bond donors (Lipinski definition) is 1. The Hall–Kier alpha value is -1.97. The van der Waals surface area contributed by atoms with E-state index < -0.39 is 11.9 Å². The minimum Gasteiger partial charge on any atom is -0.496 e. The molecular formula is C16H21NO3. The van der Waals surface area contributed by atoms with Crippen LogP contribution in [0.2, 0.25) is 0 Å². The summed E-state index contributed by atoms with van der Waals surface area (Å²) in [6, 6.07) is 6.25. The Balaban J connectivity index is 2.61. The average molecular weight is 275 g/mol. The molecule has 4 heteroatoms. The zero-order valence-electron chi connectivity index (χ0n) is 12.4. The quantitative estimate of drug-likeness (QED) is 0.908. The summed E-state index contributed by atoms with van der Waals surface area (Å²) in [6.45, 7) is 5.96. The topological polar surface area (TPSA) is 51.5 Å². The fraction of sp³-hybridized carbons (Fsp3) is 0.438. The van der Waals surface area contributed by atoms with E-state index in [1.165, 1.54) is 0 Å². The first-order valence-electron chi connectivity index (χ1n) is 6.85. The van der Waals surface area contributed by atoms with Gasteiger partial charge in [-0.25, -0.2) is 0 Å². The van der Waals surface area contributed by atoms with Crippen molar-refractivity contribution in [2.24, 2.45) is 5.92 Å². The molecule has 1 unspecified atom stereocenters. The molecule has 4 nitrogen and oxygen atoms in total. The normalized spacial score (nSPS) is 12.8. The molecule has 0 bridgehead atoms. The third-order valence-corrected chi connectivity index (χ3v) is 3.62. The molecule has 1 aromatic heterocycles. The maximum absolute atomic E-state index is 11.1. The molecule has 1 N–H and O–H groups in total. The molecule has 1 heterocycles. The monoisotopic (exact) mass is 275 g/mol. The number of hydrogen-bond acceptors (Lipinski definition) is 2. The lowest BCUT2D eigenvalue weighted by atomic mass is 10.0. The molecule has 0 saturated heterocycles. The molecule has 2 rings (SSSR count). The molecule has 108 valence electrons. The number of carboxylic acid groups (broad SMARTS) is 1. The number of rotatable bonds is 5. The molecular weight excluding hydrogens is 254 g/mol. The highest BCUT2D eigenvalue weighted by molar-refractivity contribution is 5.90. The van der Waals surface area contributed by atoms with E-state index in [0.29, 0.717) is 12.5 Å². The van der Waals surface area contributed by atoms with Crippen molar-refractivity contribution < 1.29 is 14.6 Å². The second-order valence-electron chi connectivity index (χ2n) is 5.45. The van der Waals surface area contributed by atoms with Gasteiger partial charge in [0.05, 0.1) is 18.5 Å². The highest BCUT2D eigenvalue weighted by Gasteiger charge is 2.19. The van der Waals surface area contributed by atoms with Crippen molar-refractivity contribution in [3.05, 3.63) is 30.0 Å². The van der Waals surface area contributed by atoms with E-state index in [2.05, 4.69) is 24.6 Å². The second kappa shape index (κ2) is 5.57. The fourth-order valence-corrected chi connectivity index (χ4v) is 2.53. The fourth-order valence-electron chi connectivity index (χ4n) is 2.53. The van der Waals surface area contributed by atoms with Crippen LogP contribution in [0.25, 0.3) is 10.9 Å². The number of carbonyl (C=O) groups is 1. The van der Waals surface area contributed by atoms with Gasteiger partial charge in [0.2, 0.25) is 0 Å². The minimum atomic E-state index is -0.773. The van der Waals surface area contributed by atoms with Crippen LogP contribution in [0.3, 0.4) is 0 Å². The Bertz CT molecular complexity index is 628. The van der Waals surface area contributed by atoms with Crippen molar-refractivity contribution in [3.8, 4) is 5.75 Å². The van der Waals surface area contributed by atoms with Gasteiger partial charge >= 0.3 is 5.97 Å². The lowest BCUT2D eigenvalue weighted by Gasteiger charge is -2.09. The predicted molar refractivity (Wildman–Crippen MR) is 79.4 cm³/mol. The third-order valence-electron chi connectivity index (χ3n) is 3.62. The van der Waals surface area contributed by atoms with Gasteiger partial charge in [0.1, 0.15) is 5.75 Å². The highest BCUT2D eigenvalue weighted by atomic mass is 16.5. The molecule has 1 aromatic carbocycles. The Kier molecular flexibility index (Phi) is 4.02. The van der Waals surface area contributed by atoms with E-state index in [1.54, 1.807) is 14.0 Å². The van der Waals surface area contributed by atoms with Gasteiger partial charge in [0, 0.05) is 17.6 Å². The van der Waals surface area contributed by atoms with Gasteiger partial charge in [-0.05, 0) is 38.0 Å². The minimum absolute atomic E-state index is 0.318. The molecule has 0 aliphatic heterocycles. The van der Waals surface area contributed by atoms with E-state index in [1.807, 2.05) is 18.2 Å². The molecule has 0 aliphatic carbocycles. The number of methoxy groups -OCH3 is 1. The number of aromatic nitrogens is 1. The van der Waals surface area contributed by atoms with E-state index in [-0.39, 0.29) is 0 Å². The van der Waals surface area contributed by atoms with E-state index in [9.17, 15) is 4.79 Å². The number of carboxylic acids is 1. The molecule has 20 heavy (non-hydrogen) atoms. The van der Waals surface area contributed by atoms with Crippen LogP contribution in [0.4, 0.5) is 0 Å². The lowest BCUT2D eigenvalue weighted by Crippen LogP contribution is -2.12. The van der Waals surface area contributed by atoms with Crippen molar-refractivity contribution >= 4 is 16.9 Å². The van der Waals surface area contributed by atoms with Crippen LogP contribution in [0, 0.1) is 5.92 Å². The van der Waals surface area contributed by atoms with Crippen LogP contribution in [0.5, 0.6) is 5.75 Å². The van der Waals surface area contributed by atoms with Gasteiger partial charge in [0.25, 0.3) is 0 Å². The number of nitrogens with zero attached hydrogens (tertiary/aromatic N) is 1. The summed E-state index contributed by atoms with van der Waals surface area (Å²) in [6.07, 6.45) is 2.56. The van der Waals surface area contributed by atoms with Crippen LogP contribution >= 0.6 is 0 Å². The SMILES string of the molecule is COc1cccc2c1c(CC(C)C(=O)O)cn2C(C)C. The molecule has 2 aromatic rings. The van der Waals surface area contributed by atoms with Gasteiger partial charge < -0.3 is 14.4 Å². The summed E-state index contributed by atoms with van der Waals surface area (Å²) in [7, 11) is 1.64. The first-order valence-corrected chi connectivity index (χ1v) is 6.85. The Morgan fingerprint density at radius 3 is 2.60 bits per heavy atom. The van der Waals surface area contributed by atoms with E-state index >= 15 is 0 Å². The van der Waals surface area contributed by atoms with Crippen LogP contribution in [0.15, 0.2) is 24.4 Å². The highest BCUT2D eigenvalue weighted by Crippen LogP contribution is 2.33. The average Bonchev–Trinajstić information content (AvgIpc) is 2.77. The second-order valence-corrected chi connectivity index (χ2v) is 5.45. The Morgan fingerprint density at radius 2 is 2.05 bits per heavy atom. The van der Waals surface area contributed by atoms with Gasteiger partial charge in [-0.1, -0.05) is 13.0 Å². The first-order chi connectivity index (χ1) is 9.45. The molecule has 0 spiro atoms. The van der Waals surface area contributed by atoms with E-state index in [4.69, 9.17) is 9.84 Å². The number of ether oxygens (including phenoxy) is 1. The summed E-state index contributed by atoms with van der Waals surface area (Å²) in [4.78, 5) is 11.1. The molecule has 0 aliphatic rings. The van der Waals surface area contributed by atoms with Crippen molar-refractivity contribution in [1.82, 2.24) is 4.57 Å². The predicted octanol–water partition coefficient (Wildman–Crippen LogP) is 3.49. The maximum atomic E-state index is 11.1. The Labute approximate surface area is 119 Å². The van der Waals surface area contributed by atoms with Crippen LogP contribution in [-0.2, 0) is 11.2 Å². The molecule has 0 amide bonds. The smallest absolute Gasteiger partial charge is 0.306 e. The van der Waals surface area contributed by atoms with Gasteiger partial charge in [0.15, 0.2) is 0 Å².